The quantitative estimate of drug-likeness (QED) is 0.547. The van der Waals surface area contributed by atoms with E-state index in [-0.39, 0.29) is 5.69 Å². The zero-order valence-electron chi connectivity index (χ0n) is 16.4. The van der Waals surface area contributed by atoms with E-state index >= 15 is 0 Å². The maximum Gasteiger partial charge on any atom is 0.330 e. The predicted molar refractivity (Wildman–Crippen MR) is 102 cm³/mol. The van der Waals surface area contributed by atoms with E-state index in [1.807, 2.05) is 0 Å². The zero-order chi connectivity index (χ0) is 21.6. The van der Waals surface area contributed by atoms with Crippen LogP contribution in [0, 0.1) is 26.1 Å². The summed E-state index contributed by atoms with van der Waals surface area (Å²) >= 11 is 0. The fraction of sp³-hybridized carbons (Fsp3) is 0.444. The Morgan fingerprint density at radius 3 is 2.07 bits per heavy atom. The van der Waals surface area contributed by atoms with Crippen LogP contribution in [0.1, 0.15) is 11.5 Å². The van der Waals surface area contributed by atoms with Crippen LogP contribution in [-0.4, -0.2) is 76.8 Å². The van der Waals surface area contributed by atoms with Gasteiger partial charge in [-0.3, -0.25) is 34.8 Å². The molecule has 4 unspecified atom stereocenters. The van der Waals surface area contributed by atoms with Gasteiger partial charge < -0.3 is 4.90 Å². The highest BCUT2D eigenvalue weighted by molar-refractivity contribution is 6.01. The molecule has 0 N–H and O–H groups in total. The third kappa shape index (κ3) is 3.23. The fourth-order valence-electron chi connectivity index (χ4n) is 4.13. The lowest BCUT2D eigenvalue weighted by Crippen LogP contribution is -2.60. The van der Waals surface area contributed by atoms with Gasteiger partial charge in [0.15, 0.2) is 0 Å². The third-order valence-corrected chi connectivity index (χ3v) is 5.62. The summed E-state index contributed by atoms with van der Waals surface area (Å²) in [5, 5.41) is 23.1. The summed E-state index contributed by atoms with van der Waals surface area (Å²) < 4.78 is 0. The molecule has 0 saturated carbocycles. The molecule has 1 aliphatic heterocycles. The monoisotopic (exact) mass is 403 g/mol. The van der Waals surface area contributed by atoms with Crippen LogP contribution in [0.5, 0.6) is 0 Å². The van der Waals surface area contributed by atoms with Gasteiger partial charge in [-0.2, -0.15) is 0 Å². The first-order chi connectivity index (χ1) is 13.6. The van der Waals surface area contributed by atoms with Crippen LogP contribution in [0.25, 0.3) is 0 Å². The fourth-order valence-corrected chi connectivity index (χ4v) is 4.13. The van der Waals surface area contributed by atoms with E-state index < -0.39 is 45.7 Å². The zero-order valence-corrected chi connectivity index (χ0v) is 16.4. The van der Waals surface area contributed by atoms with E-state index in [1.165, 1.54) is 43.3 Å². The second-order valence-electron chi connectivity index (χ2n) is 7.41. The Labute approximate surface area is 166 Å². The van der Waals surface area contributed by atoms with Crippen molar-refractivity contribution >= 4 is 17.6 Å². The molecule has 154 valence electrons. The molecule has 11 heteroatoms. The average molecular weight is 403 g/mol. The molecule has 0 aromatic heterocycles. The number of nitro groups is 2. The number of nitro benzene ring substituents is 1. The van der Waals surface area contributed by atoms with Gasteiger partial charge in [-0.1, -0.05) is 12.1 Å². The highest BCUT2D eigenvalue weighted by Crippen LogP contribution is 2.45. The molecule has 1 heterocycles. The van der Waals surface area contributed by atoms with Crippen LogP contribution < -0.4 is 0 Å². The maximum atomic E-state index is 13.0. The standard InChI is InChI=1S/C18H21N5O6/c1-19(2)13-9-12-15(17(24)21(4)18(25)20(12)3)14(16(13)23(28)29)10-5-7-11(8-6-10)22(26)27/h5-9,13-16H,1-4H3. The van der Waals surface area contributed by atoms with Crippen molar-refractivity contribution in [2.45, 2.75) is 18.0 Å². The van der Waals surface area contributed by atoms with Gasteiger partial charge in [0.1, 0.15) is 0 Å². The van der Waals surface area contributed by atoms with E-state index in [1.54, 1.807) is 25.1 Å². The van der Waals surface area contributed by atoms with Gasteiger partial charge in [-0.15, -0.1) is 0 Å². The highest BCUT2D eigenvalue weighted by Gasteiger charge is 2.56. The number of likely N-dealkylation sites (N-methyl/N-ethyl adjacent to an activating group) is 1. The lowest BCUT2D eigenvalue weighted by molar-refractivity contribution is -0.534. The number of hydrogen-bond donors (Lipinski definition) is 0. The molecule has 1 aromatic carbocycles. The minimum atomic E-state index is -1.18. The summed E-state index contributed by atoms with van der Waals surface area (Å²) in [6.07, 6.45) is 1.60. The summed E-state index contributed by atoms with van der Waals surface area (Å²) in [5.41, 5.74) is 0.684. The van der Waals surface area contributed by atoms with Gasteiger partial charge in [0.2, 0.25) is 11.9 Å². The van der Waals surface area contributed by atoms with Crippen molar-refractivity contribution < 1.29 is 19.4 Å². The topological polar surface area (TPSA) is 130 Å². The van der Waals surface area contributed by atoms with Gasteiger partial charge in [0, 0.05) is 36.8 Å². The summed E-state index contributed by atoms with van der Waals surface area (Å²) in [4.78, 5) is 51.4. The molecule has 1 aromatic rings. The van der Waals surface area contributed by atoms with E-state index in [9.17, 15) is 29.8 Å². The number of carbonyl (C=O) groups is 2. The Bertz CT molecular complexity index is 912. The molecule has 1 saturated heterocycles. The lowest BCUT2D eigenvalue weighted by atomic mass is 9.70. The van der Waals surface area contributed by atoms with Crippen molar-refractivity contribution in [2.75, 3.05) is 28.2 Å². The van der Waals surface area contributed by atoms with Crippen LogP contribution in [0.15, 0.2) is 36.0 Å². The molecule has 29 heavy (non-hydrogen) atoms. The Balaban J connectivity index is 2.22. The van der Waals surface area contributed by atoms with Gasteiger partial charge in [0.25, 0.3) is 5.69 Å². The number of carbonyl (C=O) groups excluding carboxylic acids is 2. The van der Waals surface area contributed by atoms with Gasteiger partial charge in [-0.25, -0.2) is 4.79 Å². The molecule has 11 nitrogen and oxygen atoms in total. The minimum absolute atomic E-state index is 0.151. The van der Waals surface area contributed by atoms with Crippen molar-refractivity contribution in [3.63, 3.8) is 0 Å². The Kier molecular flexibility index (Phi) is 5.09. The molecule has 1 aliphatic carbocycles. The van der Waals surface area contributed by atoms with Gasteiger partial charge in [0.05, 0.1) is 22.8 Å². The minimum Gasteiger partial charge on any atom is -0.300 e. The molecule has 0 bridgehead atoms. The van der Waals surface area contributed by atoms with Crippen molar-refractivity contribution in [2.24, 2.45) is 5.92 Å². The first-order valence-electron chi connectivity index (χ1n) is 8.87. The van der Waals surface area contributed by atoms with E-state index in [0.717, 1.165) is 4.90 Å². The van der Waals surface area contributed by atoms with Gasteiger partial charge >= 0.3 is 6.03 Å². The maximum absolute atomic E-state index is 13.0. The second kappa shape index (κ2) is 7.24. The summed E-state index contributed by atoms with van der Waals surface area (Å²) in [6, 6.07) is 3.04. The van der Waals surface area contributed by atoms with Crippen molar-refractivity contribution in [1.82, 2.24) is 14.7 Å². The number of fused-ring (bicyclic) bond motifs is 1. The molecular formula is C18H21N5O6. The molecule has 3 rings (SSSR count). The van der Waals surface area contributed by atoms with Crippen molar-refractivity contribution in [1.29, 1.82) is 0 Å². The van der Waals surface area contributed by atoms with Crippen LogP contribution in [0.4, 0.5) is 10.5 Å². The Hall–Kier alpha value is -3.34. The normalized spacial score (nSPS) is 27.0. The molecule has 0 spiro atoms. The average Bonchev–Trinajstić information content (AvgIpc) is 2.68. The first kappa shape index (κ1) is 20.4. The van der Waals surface area contributed by atoms with E-state index in [0.29, 0.717) is 11.3 Å². The first-order valence-corrected chi connectivity index (χ1v) is 8.87. The van der Waals surface area contributed by atoms with Crippen molar-refractivity contribution in [3.05, 3.63) is 61.8 Å². The van der Waals surface area contributed by atoms with Crippen LogP contribution in [-0.2, 0) is 4.79 Å². The number of hydrogen-bond acceptors (Lipinski definition) is 7. The van der Waals surface area contributed by atoms with Crippen molar-refractivity contribution in [3.8, 4) is 0 Å². The van der Waals surface area contributed by atoms with Crippen LogP contribution in [0.3, 0.4) is 0 Å². The molecule has 1 fully saturated rings. The number of urea groups is 1. The number of imide groups is 1. The Morgan fingerprint density at radius 2 is 1.59 bits per heavy atom. The molecule has 4 atom stereocenters. The lowest BCUT2D eigenvalue weighted by Gasteiger charge is -2.45. The van der Waals surface area contributed by atoms with E-state index in [4.69, 9.17) is 0 Å². The highest BCUT2D eigenvalue weighted by atomic mass is 16.6. The second-order valence-corrected chi connectivity index (χ2v) is 7.41. The molecule has 3 amide bonds. The molecule has 0 radical (unpaired) electrons. The molecular weight excluding hydrogens is 382 g/mol. The smallest absolute Gasteiger partial charge is 0.300 e. The number of benzene rings is 1. The predicted octanol–water partition coefficient (Wildman–Crippen LogP) is 1.29. The largest absolute Gasteiger partial charge is 0.330 e. The summed E-state index contributed by atoms with van der Waals surface area (Å²) in [5.74, 6) is -2.38. The van der Waals surface area contributed by atoms with E-state index in [2.05, 4.69) is 0 Å². The number of rotatable bonds is 4. The molecule has 2 aliphatic rings. The van der Waals surface area contributed by atoms with Crippen LogP contribution in [0.2, 0.25) is 0 Å². The summed E-state index contributed by atoms with van der Waals surface area (Å²) in [6.45, 7) is 0. The summed E-state index contributed by atoms with van der Waals surface area (Å²) in [7, 11) is 6.23. The van der Waals surface area contributed by atoms with Crippen LogP contribution >= 0.6 is 0 Å². The SMILES string of the molecule is CN1C(=O)C2C(=CC(N(C)C)C([N+](=O)[O-])C2c2ccc([N+](=O)[O-])cc2)N(C)C1=O. The number of amides is 3. The Morgan fingerprint density at radius 1 is 1.00 bits per heavy atom. The third-order valence-electron chi connectivity index (χ3n) is 5.62. The van der Waals surface area contributed by atoms with Gasteiger partial charge in [-0.05, 0) is 25.7 Å². The number of nitrogens with zero attached hydrogens (tertiary/aromatic N) is 5. The number of non-ortho nitro benzene ring substituents is 1.